The van der Waals surface area contributed by atoms with Gasteiger partial charge in [0.1, 0.15) is 0 Å². The zero-order valence-corrected chi connectivity index (χ0v) is 10.6. The molecule has 1 N–H and O–H groups in total. The van der Waals surface area contributed by atoms with E-state index in [4.69, 9.17) is 0 Å². The first-order valence-corrected chi connectivity index (χ1v) is 3.97. The number of hydrogen-bond acceptors (Lipinski definition) is 3. The van der Waals surface area contributed by atoms with Crippen molar-refractivity contribution >= 4 is 5.97 Å². The fraction of sp³-hybridized carbons (Fsp3) is 0.667. The predicted molar refractivity (Wildman–Crippen MR) is 47.7 cm³/mol. The van der Waals surface area contributed by atoms with Gasteiger partial charge in [-0.15, -0.1) is 6.58 Å². The molecule has 0 rings (SSSR count). The average molecular weight is 196 g/mol. The molecule has 0 bridgehead atoms. The molecule has 0 aliphatic rings. The van der Waals surface area contributed by atoms with Gasteiger partial charge in [-0.3, -0.25) is 4.79 Å². The van der Waals surface area contributed by atoms with E-state index in [-0.39, 0.29) is 49.3 Å². The molecule has 0 aromatic heterocycles. The molecular weight excluding hydrogens is 179 g/mol. The first-order valence-electron chi connectivity index (χ1n) is 3.97. The summed E-state index contributed by atoms with van der Waals surface area (Å²) in [4.78, 5) is 10.7. The minimum absolute atomic E-state index is 0. The SMILES string of the molecule is C=CCC(C)C(O)CC(=O)OC.[H-].[Na+]. The van der Waals surface area contributed by atoms with Crippen molar-refractivity contribution in [3.8, 4) is 0 Å². The topological polar surface area (TPSA) is 46.5 Å². The van der Waals surface area contributed by atoms with E-state index in [1.807, 2.05) is 6.92 Å². The van der Waals surface area contributed by atoms with E-state index in [0.29, 0.717) is 6.42 Å². The molecule has 13 heavy (non-hydrogen) atoms. The van der Waals surface area contributed by atoms with Gasteiger partial charge in [-0.1, -0.05) is 13.0 Å². The molecule has 0 saturated heterocycles. The monoisotopic (exact) mass is 196 g/mol. The quantitative estimate of drug-likeness (QED) is 0.322. The minimum atomic E-state index is -0.629. The van der Waals surface area contributed by atoms with Crippen LogP contribution in [0.5, 0.6) is 0 Å². The number of allylic oxidation sites excluding steroid dienone is 1. The Hall–Kier alpha value is 0.170. The number of hydrogen-bond donors (Lipinski definition) is 1. The fourth-order valence-electron chi connectivity index (χ4n) is 0.875. The Morgan fingerprint density at radius 2 is 2.31 bits per heavy atom. The standard InChI is InChI=1S/C9H16O3.Na.H/c1-4-5-7(2)8(10)6-9(11)12-3;;/h4,7-8,10H,1,5-6H2,2-3H3;;/q;+1;-1. The molecule has 3 nitrogen and oxygen atoms in total. The van der Waals surface area contributed by atoms with E-state index >= 15 is 0 Å². The van der Waals surface area contributed by atoms with Gasteiger partial charge >= 0.3 is 35.5 Å². The molecule has 0 aliphatic carbocycles. The van der Waals surface area contributed by atoms with Crippen molar-refractivity contribution in [2.75, 3.05) is 7.11 Å². The molecule has 0 radical (unpaired) electrons. The van der Waals surface area contributed by atoms with Crippen LogP contribution in [0.4, 0.5) is 0 Å². The van der Waals surface area contributed by atoms with Gasteiger partial charge < -0.3 is 11.3 Å². The van der Waals surface area contributed by atoms with Crippen molar-refractivity contribution in [1.82, 2.24) is 0 Å². The zero-order valence-electron chi connectivity index (χ0n) is 9.62. The first kappa shape index (κ1) is 15.6. The van der Waals surface area contributed by atoms with Gasteiger partial charge in [0.2, 0.25) is 0 Å². The molecule has 0 fully saturated rings. The van der Waals surface area contributed by atoms with E-state index in [9.17, 15) is 9.90 Å². The summed E-state index contributed by atoms with van der Waals surface area (Å²) in [6.07, 6.45) is 1.87. The van der Waals surface area contributed by atoms with Gasteiger partial charge in [0, 0.05) is 0 Å². The number of esters is 1. The minimum Gasteiger partial charge on any atom is -1.00 e. The molecule has 0 heterocycles. The Kier molecular flexibility index (Phi) is 10.5. The maximum atomic E-state index is 10.7. The molecular formula is C9H17NaO3. The number of ether oxygens (including phenoxy) is 1. The van der Waals surface area contributed by atoms with Crippen molar-refractivity contribution in [3.05, 3.63) is 12.7 Å². The Labute approximate surface area is 103 Å². The van der Waals surface area contributed by atoms with Crippen LogP contribution in [0.1, 0.15) is 21.2 Å². The van der Waals surface area contributed by atoms with E-state index in [2.05, 4.69) is 11.3 Å². The second-order valence-electron chi connectivity index (χ2n) is 2.85. The fourth-order valence-corrected chi connectivity index (χ4v) is 0.875. The van der Waals surface area contributed by atoms with Gasteiger partial charge in [0.05, 0.1) is 19.6 Å². The number of carbonyl (C=O) groups excluding carboxylic acids is 1. The maximum absolute atomic E-state index is 10.7. The van der Waals surface area contributed by atoms with Crippen molar-refractivity contribution in [3.63, 3.8) is 0 Å². The van der Waals surface area contributed by atoms with Gasteiger partial charge in [-0.05, 0) is 12.3 Å². The van der Waals surface area contributed by atoms with Crippen LogP contribution in [-0.4, -0.2) is 24.3 Å². The van der Waals surface area contributed by atoms with Gasteiger partial charge in [0.25, 0.3) is 0 Å². The summed E-state index contributed by atoms with van der Waals surface area (Å²) in [5.41, 5.74) is 0. The molecule has 2 atom stereocenters. The van der Waals surface area contributed by atoms with Crippen molar-refractivity contribution in [2.45, 2.75) is 25.9 Å². The number of methoxy groups -OCH3 is 1. The number of carbonyl (C=O) groups is 1. The molecule has 0 saturated carbocycles. The molecule has 0 spiro atoms. The largest absolute Gasteiger partial charge is 1.00 e. The molecule has 0 aromatic rings. The van der Waals surface area contributed by atoms with Crippen molar-refractivity contribution in [2.24, 2.45) is 5.92 Å². The summed E-state index contributed by atoms with van der Waals surface area (Å²) in [6, 6.07) is 0. The van der Waals surface area contributed by atoms with Crippen LogP contribution >= 0.6 is 0 Å². The van der Waals surface area contributed by atoms with E-state index in [1.54, 1.807) is 6.08 Å². The second kappa shape index (κ2) is 8.75. The summed E-state index contributed by atoms with van der Waals surface area (Å²) >= 11 is 0. The van der Waals surface area contributed by atoms with Crippen LogP contribution in [-0.2, 0) is 9.53 Å². The van der Waals surface area contributed by atoms with Crippen LogP contribution in [0.3, 0.4) is 0 Å². The Balaban J connectivity index is -0.000000605. The normalized spacial score (nSPS) is 13.8. The molecule has 4 heteroatoms. The van der Waals surface area contributed by atoms with Gasteiger partial charge in [-0.25, -0.2) is 0 Å². The summed E-state index contributed by atoms with van der Waals surface area (Å²) in [5.74, 6) is -0.319. The third-order valence-corrected chi connectivity index (χ3v) is 1.80. The molecule has 0 aromatic carbocycles. The third kappa shape index (κ3) is 7.26. The van der Waals surface area contributed by atoms with Crippen LogP contribution < -0.4 is 29.6 Å². The van der Waals surface area contributed by atoms with E-state index in [0.717, 1.165) is 0 Å². The van der Waals surface area contributed by atoms with Crippen LogP contribution in [0.15, 0.2) is 12.7 Å². The Bertz CT molecular complexity index is 164. The molecule has 2 unspecified atom stereocenters. The van der Waals surface area contributed by atoms with Gasteiger partial charge in [-0.2, -0.15) is 0 Å². The smallest absolute Gasteiger partial charge is 1.00 e. The first-order chi connectivity index (χ1) is 5.61. The number of rotatable bonds is 5. The summed E-state index contributed by atoms with van der Waals surface area (Å²) in [5, 5.41) is 9.40. The summed E-state index contributed by atoms with van der Waals surface area (Å²) in [7, 11) is 1.31. The van der Waals surface area contributed by atoms with E-state index < -0.39 is 6.10 Å². The zero-order chi connectivity index (χ0) is 9.56. The Morgan fingerprint density at radius 3 is 2.69 bits per heavy atom. The average Bonchev–Trinajstić information content (AvgIpc) is 2.04. The summed E-state index contributed by atoms with van der Waals surface area (Å²) in [6.45, 7) is 5.43. The Morgan fingerprint density at radius 1 is 1.77 bits per heavy atom. The van der Waals surface area contributed by atoms with Gasteiger partial charge in [0.15, 0.2) is 0 Å². The predicted octanol–water partition coefficient (Wildman–Crippen LogP) is -1.76. The van der Waals surface area contributed by atoms with Crippen molar-refractivity contribution < 1.29 is 45.6 Å². The van der Waals surface area contributed by atoms with Crippen molar-refractivity contribution in [1.29, 1.82) is 0 Å². The number of aliphatic hydroxyl groups is 1. The molecule has 0 aliphatic heterocycles. The molecule has 0 amide bonds. The maximum Gasteiger partial charge on any atom is 1.00 e. The third-order valence-electron chi connectivity index (χ3n) is 1.80. The molecule has 72 valence electrons. The number of aliphatic hydroxyl groups excluding tert-OH is 1. The summed E-state index contributed by atoms with van der Waals surface area (Å²) < 4.78 is 4.42. The van der Waals surface area contributed by atoms with Crippen LogP contribution in [0.2, 0.25) is 0 Å². The second-order valence-corrected chi connectivity index (χ2v) is 2.85. The van der Waals surface area contributed by atoms with Crippen LogP contribution in [0.25, 0.3) is 0 Å². The van der Waals surface area contributed by atoms with E-state index in [1.165, 1.54) is 7.11 Å². The van der Waals surface area contributed by atoms with Crippen LogP contribution in [0, 0.1) is 5.92 Å².